The molecule has 0 spiro atoms. The smallest absolute Gasteiger partial charge is 0.142 e. The molecule has 1 aromatic rings. The molecule has 5 heteroatoms. The van der Waals surface area contributed by atoms with E-state index in [1.165, 1.54) is 6.07 Å². The van der Waals surface area contributed by atoms with Crippen LogP contribution in [0, 0.1) is 5.82 Å². The molecule has 2 atom stereocenters. The molecule has 1 heterocycles. The second-order valence-corrected chi connectivity index (χ2v) is 5.10. The first kappa shape index (κ1) is 13.7. The molecular formula is C13H18ClFN2O. The van der Waals surface area contributed by atoms with Crippen molar-refractivity contribution in [2.24, 2.45) is 5.73 Å². The highest BCUT2D eigenvalue weighted by molar-refractivity contribution is 6.30. The highest BCUT2D eigenvalue weighted by Crippen LogP contribution is 2.28. The molecule has 0 amide bonds. The Balaban J connectivity index is 2.06. The summed E-state index contributed by atoms with van der Waals surface area (Å²) < 4.78 is 18.5. The summed E-state index contributed by atoms with van der Waals surface area (Å²) in [5, 5.41) is 0.154. The SMILES string of the molecule is COCCN1CC(c2ccc(Cl)c(F)c2)[C@H](N)C1. The molecule has 1 unspecified atom stereocenters. The second kappa shape index (κ2) is 5.97. The third-order valence-corrected chi connectivity index (χ3v) is 3.73. The zero-order valence-electron chi connectivity index (χ0n) is 10.4. The largest absolute Gasteiger partial charge is 0.383 e. The van der Waals surface area contributed by atoms with Crippen LogP contribution in [-0.2, 0) is 4.74 Å². The van der Waals surface area contributed by atoms with Crippen LogP contribution in [0.15, 0.2) is 18.2 Å². The van der Waals surface area contributed by atoms with E-state index >= 15 is 0 Å². The number of nitrogens with zero attached hydrogens (tertiary/aromatic N) is 1. The number of hydrogen-bond acceptors (Lipinski definition) is 3. The number of hydrogen-bond donors (Lipinski definition) is 1. The van der Waals surface area contributed by atoms with Crippen LogP contribution in [0.25, 0.3) is 0 Å². The van der Waals surface area contributed by atoms with Gasteiger partial charge in [0.05, 0.1) is 11.6 Å². The fourth-order valence-electron chi connectivity index (χ4n) is 2.41. The molecule has 3 nitrogen and oxygen atoms in total. The average Bonchev–Trinajstić information content (AvgIpc) is 2.71. The maximum absolute atomic E-state index is 13.5. The summed E-state index contributed by atoms with van der Waals surface area (Å²) >= 11 is 5.69. The molecule has 0 aliphatic carbocycles. The summed E-state index contributed by atoms with van der Waals surface area (Å²) in [6.45, 7) is 3.20. The van der Waals surface area contributed by atoms with Crippen LogP contribution in [0.3, 0.4) is 0 Å². The van der Waals surface area contributed by atoms with Gasteiger partial charge in [0.25, 0.3) is 0 Å². The number of ether oxygens (including phenoxy) is 1. The maximum atomic E-state index is 13.5. The van der Waals surface area contributed by atoms with Crippen LogP contribution in [0.4, 0.5) is 4.39 Å². The van der Waals surface area contributed by atoms with Gasteiger partial charge in [0.15, 0.2) is 0 Å². The second-order valence-electron chi connectivity index (χ2n) is 4.70. The predicted octanol–water partition coefficient (Wildman–Crippen LogP) is 1.85. The molecular weight excluding hydrogens is 255 g/mol. The number of methoxy groups -OCH3 is 1. The summed E-state index contributed by atoms with van der Waals surface area (Å²) in [5.41, 5.74) is 7.04. The van der Waals surface area contributed by atoms with Crippen molar-refractivity contribution in [2.45, 2.75) is 12.0 Å². The Morgan fingerprint density at radius 1 is 1.50 bits per heavy atom. The van der Waals surface area contributed by atoms with Crippen molar-refractivity contribution in [1.29, 1.82) is 0 Å². The van der Waals surface area contributed by atoms with Gasteiger partial charge in [0, 0.05) is 38.7 Å². The van der Waals surface area contributed by atoms with Crippen LogP contribution >= 0.6 is 11.6 Å². The molecule has 1 saturated heterocycles. The highest BCUT2D eigenvalue weighted by atomic mass is 35.5. The molecule has 0 saturated carbocycles. The van der Waals surface area contributed by atoms with Gasteiger partial charge in [-0.2, -0.15) is 0 Å². The first-order valence-electron chi connectivity index (χ1n) is 6.03. The normalized spacial score (nSPS) is 24.7. The third kappa shape index (κ3) is 3.01. The molecule has 1 aromatic carbocycles. The molecule has 1 aliphatic heterocycles. The first-order valence-corrected chi connectivity index (χ1v) is 6.41. The topological polar surface area (TPSA) is 38.5 Å². The van der Waals surface area contributed by atoms with Gasteiger partial charge < -0.3 is 10.5 Å². The minimum Gasteiger partial charge on any atom is -0.383 e. The van der Waals surface area contributed by atoms with Crippen molar-refractivity contribution in [2.75, 3.05) is 33.4 Å². The van der Waals surface area contributed by atoms with Crippen molar-refractivity contribution in [3.8, 4) is 0 Å². The lowest BCUT2D eigenvalue weighted by Gasteiger charge is -2.15. The lowest BCUT2D eigenvalue weighted by molar-refractivity contribution is 0.160. The van der Waals surface area contributed by atoms with E-state index in [9.17, 15) is 4.39 Å². The van der Waals surface area contributed by atoms with Crippen molar-refractivity contribution >= 4 is 11.6 Å². The molecule has 100 valence electrons. The van der Waals surface area contributed by atoms with Gasteiger partial charge >= 0.3 is 0 Å². The molecule has 2 rings (SSSR count). The van der Waals surface area contributed by atoms with E-state index in [1.54, 1.807) is 13.2 Å². The van der Waals surface area contributed by atoms with Gasteiger partial charge in [0.2, 0.25) is 0 Å². The molecule has 0 radical (unpaired) electrons. The minimum atomic E-state index is -0.378. The van der Waals surface area contributed by atoms with E-state index < -0.39 is 0 Å². The van der Waals surface area contributed by atoms with Crippen molar-refractivity contribution in [3.63, 3.8) is 0 Å². The van der Waals surface area contributed by atoms with E-state index in [2.05, 4.69) is 4.90 Å². The van der Waals surface area contributed by atoms with Crippen LogP contribution in [-0.4, -0.2) is 44.3 Å². The maximum Gasteiger partial charge on any atom is 0.142 e. The molecule has 1 fully saturated rings. The van der Waals surface area contributed by atoms with Gasteiger partial charge in [-0.3, -0.25) is 4.90 Å². The van der Waals surface area contributed by atoms with E-state index in [4.69, 9.17) is 22.1 Å². The van der Waals surface area contributed by atoms with E-state index in [0.717, 1.165) is 25.2 Å². The standard InChI is InChI=1S/C13H18ClFN2O/c1-18-5-4-17-7-10(13(16)8-17)9-2-3-11(14)12(15)6-9/h2-3,6,10,13H,4-5,7-8,16H2,1H3/t10?,13-/m1/s1. The van der Waals surface area contributed by atoms with E-state index in [0.29, 0.717) is 6.61 Å². The fraction of sp³-hybridized carbons (Fsp3) is 0.538. The molecule has 0 bridgehead atoms. The fourth-order valence-corrected chi connectivity index (χ4v) is 2.53. The Labute approximate surface area is 112 Å². The summed E-state index contributed by atoms with van der Waals surface area (Å²) in [7, 11) is 1.68. The monoisotopic (exact) mass is 272 g/mol. The third-order valence-electron chi connectivity index (χ3n) is 3.42. The Morgan fingerprint density at radius 3 is 2.94 bits per heavy atom. The van der Waals surface area contributed by atoms with Crippen LogP contribution in [0.2, 0.25) is 5.02 Å². The summed E-state index contributed by atoms with van der Waals surface area (Å²) in [4.78, 5) is 2.24. The van der Waals surface area contributed by atoms with Crippen LogP contribution < -0.4 is 5.73 Å². The van der Waals surface area contributed by atoms with Gasteiger partial charge in [-0.1, -0.05) is 17.7 Å². The van der Waals surface area contributed by atoms with Crippen molar-refractivity contribution in [3.05, 3.63) is 34.6 Å². The molecule has 2 N–H and O–H groups in total. The molecule has 1 aliphatic rings. The molecule has 18 heavy (non-hydrogen) atoms. The zero-order valence-corrected chi connectivity index (χ0v) is 11.2. The predicted molar refractivity (Wildman–Crippen MR) is 70.4 cm³/mol. The molecule has 0 aromatic heterocycles. The Bertz CT molecular complexity index is 416. The van der Waals surface area contributed by atoms with Gasteiger partial charge in [-0.15, -0.1) is 0 Å². The number of likely N-dealkylation sites (tertiary alicyclic amines) is 1. The van der Waals surface area contributed by atoms with Crippen molar-refractivity contribution in [1.82, 2.24) is 4.90 Å². The quantitative estimate of drug-likeness (QED) is 0.909. The Kier molecular flexibility index (Phi) is 4.56. The van der Waals surface area contributed by atoms with Gasteiger partial charge in [-0.05, 0) is 17.7 Å². The van der Waals surface area contributed by atoms with Crippen LogP contribution in [0.5, 0.6) is 0 Å². The zero-order chi connectivity index (χ0) is 13.1. The highest BCUT2D eigenvalue weighted by Gasteiger charge is 2.31. The van der Waals surface area contributed by atoms with Gasteiger partial charge in [-0.25, -0.2) is 4.39 Å². The first-order chi connectivity index (χ1) is 8.61. The summed E-state index contributed by atoms with van der Waals surface area (Å²) in [5.74, 6) is -0.217. The lowest BCUT2D eigenvalue weighted by atomic mass is 9.95. The average molecular weight is 273 g/mol. The van der Waals surface area contributed by atoms with Gasteiger partial charge in [0.1, 0.15) is 5.82 Å². The summed E-state index contributed by atoms with van der Waals surface area (Å²) in [6.07, 6.45) is 0. The number of benzene rings is 1. The van der Waals surface area contributed by atoms with Crippen LogP contribution in [0.1, 0.15) is 11.5 Å². The number of halogens is 2. The number of nitrogens with two attached hydrogens (primary N) is 1. The summed E-state index contributed by atoms with van der Waals surface area (Å²) in [6, 6.07) is 4.97. The van der Waals surface area contributed by atoms with E-state index in [1.807, 2.05) is 6.07 Å². The Hall–Kier alpha value is -0.680. The number of rotatable bonds is 4. The Morgan fingerprint density at radius 2 is 2.28 bits per heavy atom. The lowest BCUT2D eigenvalue weighted by Crippen LogP contribution is -2.30. The minimum absolute atomic E-state index is 0.0300. The van der Waals surface area contributed by atoms with E-state index in [-0.39, 0.29) is 22.8 Å². The van der Waals surface area contributed by atoms with Crippen molar-refractivity contribution < 1.29 is 9.13 Å².